The number of fused-ring (bicyclic) bond motifs is 1. The van der Waals surface area contributed by atoms with Crippen LogP contribution in [0.1, 0.15) is 39.4 Å². The number of carbonyl (C=O) groups excluding carboxylic acids is 1. The molecule has 3 heterocycles. The van der Waals surface area contributed by atoms with Gasteiger partial charge in [0.2, 0.25) is 0 Å². The number of nitrogens with one attached hydrogen (secondary N) is 1. The van der Waals surface area contributed by atoms with Gasteiger partial charge >= 0.3 is 0 Å². The third kappa shape index (κ3) is 6.35. The molecule has 3 aromatic rings. The Morgan fingerprint density at radius 3 is 2.76 bits per heavy atom. The predicted octanol–water partition coefficient (Wildman–Crippen LogP) is 4.25. The number of hydrogen-bond donors (Lipinski definition) is 1. The van der Waals surface area contributed by atoms with E-state index in [1.54, 1.807) is 7.11 Å². The van der Waals surface area contributed by atoms with Gasteiger partial charge in [0, 0.05) is 57.2 Å². The van der Waals surface area contributed by atoms with Crippen molar-refractivity contribution in [3.8, 4) is 11.5 Å². The third-order valence-electron chi connectivity index (χ3n) is 7.46. The third-order valence-corrected chi connectivity index (χ3v) is 7.46. The first-order chi connectivity index (χ1) is 18.1. The Morgan fingerprint density at radius 2 is 1.92 bits per heavy atom. The molecule has 0 spiro atoms. The molecule has 2 aromatic carbocycles. The summed E-state index contributed by atoms with van der Waals surface area (Å²) in [6.07, 6.45) is 5.42. The highest BCUT2D eigenvalue weighted by Crippen LogP contribution is 2.35. The van der Waals surface area contributed by atoms with Gasteiger partial charge in [0.15, 0.2) is 0 Å². The van der Waals surface area contributed by atoms with Crippen LogP contribution in [0.25, 0.3) is 0 Å². The summed E-state index contributed by atoms with van der Waals surface area (Å²) in [6, 6.07) is 16.5. The minimum absolute atomic E-state index is 0.0206. The topological polar surface area (TPSA) is 65.0 Å². The second-order valence-electron chi connectivity index (χ2n) is 10.1. The predicted molar refractivity (Wildman–Crippen MR) is 143 cm³/mol. The summed E-state index contributed by atoms with van der Waals surface area (Å²) in [5.74, 6) is 2.30. The van der Waals surface area contributed by atoms with Crippen LogP contribution in [0.5, 0.6) is 11.5 Å². The second kappa shape index (κ2) is 11.8. The molecule has 0 aliphatic carbocycles. The Morgan fingerprint density at radius 1 is 1.03 bits per heavy atom. The van der Waals surface area contributed by atoms with Crippen molar-refractivity contribution >= 4 is 5.91 Å². The van der Waals surface area contributed by atoms with Gasteiger partial charge in [-0.25, -0.2) is 0 Å². The zero-order valence-electron chi connectivity index (χ0n) is 21.8. The number of hydrogen-bond acceptors (Lipinski definition) is 5. The summed E-state index contributed by atoms with van der Waals surface area (Å²) in [5.41, 5.74) is 4.34. The number of aryl methyl sites for hydroxylation is 1. The summed E-state index contributed by atoms with van der Waals surface area (Å²) in [4.78, 5) is 14.7. The molecule has 0 saturated carbocycles. The maximum Gasteiger partial charge on any atom is 0.252 e. The lowest BCUT2D eigenvalue weighted by molar-refractivity contribution is 0.0964. The van der Waals surface area contributed by atoms with E-state index in [0.717, 1.165) is 55.2 Å². The highest BCUT2D eigenvalue weighted by atomic mass is 16.5. The van der Waals surface area contributed by atoms with Crippen LogP contribution in [-0.2, 0) is 17.8 Å². The van der Waals surface area contributed by atoms with Gasteiger partial charge in [-0.3, -0.25) is 4.79 Å². The minimum Gasteiger partial charge on any atom is -0.493 e. The smallest absolute Gasteiger partial charge is 0.252 e. The van der Waals surface area contributed by atoms with E-state index in [-0.39, 0.29) is 5.91 Å². The summed E-state index contributed by atoms with van der Waals surface area (Å²) in [5, 5.41) is 2.88. The molecule has 1 fully saturated rings. The first kappa shape index (κ1) is 25.4. The molecule has 2 atom stereocenters. The number of carbonyl (C=O) groups is 1. The second-order valence-corrected chi connectivity index (χ2v) is 10.1. The van der Waals surface area contributed by atoms with Crippen LogP contribution < -0.4 is 14.8 Å². The van der Waals surface area contributed by atoms with Crippen molar-refractivity contribution in [2.45, 2.75) is 32.4 Å². The van der Waals surface area contributed by atoms with Gasteiger partial charge in [-0.05, 0) is 72.8 Å². The van der Waals surface area contributed by atoms with E-state index in [1.165, 1.54) is 11.1 Å². The molecular formula is C30H37N3O4. The van der Waals surface area contributed by atoms with Gasteiger partial charge in [-0.1, -0.05) is 18.2 Å². The Kier molecular flexibility index (Phi) is 8.12. The van der Waals surface area contributed by atoms with E-state index in [1.807, 2.05) is 24.3 Å². The molecule has 2 aliphatic heterocycles. The summed E-state index contributed by atoms with van der Waals surface area (Å²) in [7, 11) is 1.68. The molecule has 1 aromatic heterocycles. The fourth-order valence-corrected chi connectivity index (χ4v) is 5.44. The molecule has 196 valence electrons. The van der Waals surface area contributed by atoms with Crippen LogP contribution in [0.3, 0.4) is 0 Å². The highest BCUT2D eigenvalue weighted by molar-refractivity contribution is 5.98. The Bertz CT molecular complexity index is 1210. The maximum atomic E-state index is 12.1. The van der Waals surface area contributed by atoms with Crippen LogP contribution in [0.15, 0.2) is 60.9 Å². The first-order valence-electron chi connectivity index (χ1n) is 13.2. The number of rotatable bonds is 11. The summed E-state index contributed by atoms with van der Waals surface area (Å²) < 4.78 is 19.6. The number of benzene rings is 2. The van der Waals surface area contributed by atoms with Gasteiger partial charge in [0.05, 0.1) is 13.2 Å². The zero-order valence-corrected chi connectivity index (χ0v) is 21.8. The summed E-state index contributed by atoms with van der Waals surface area (Å²) in [6.45, 7) is 8.43. The number of likely N-dealkylation sites (tertiary alicyclic amines) is 1. The van der Waals surface area contributed by atoms with Crippen molar-refractivity contribution in [1.29, 1.82) is 0 Å². The molecule has 2 aliphatic rings. The molecular weight excluding hydrogens is 466 g/mol. The quantitative estimate of drug-likeness (QED) is 0.397. The van der Waals surface area contributed by atoms with E-state index in [9.17, 15) is 4.79 Å². The van der Waals surface area contributed by atoms with Crippen molar-refractivity contribution in [2.75, 3.05) is 46.6 Å². The number of methoxy groups -OCH3 is 1. The van der Waals surface area contributed by atoms with Crippen molar-refractivity contribution in [3.63, 3.8) is 0 Å². The van der Waals surface area contributed by atoms with Crippen LogP contribution in [0.4, 0.5) is 0 Å². The normalized spacial score (nSPS) is 19.5. The van der Waals surface area contributed by atoms with Crippen LogP contribution in [0, 0.1) is 12.8 Å². The Hall–Kier alpha value is -3.29. The van der Waals surface area contributed by atoms with E-state index in [4.69, 9.17) is 14.2 Å². The standard InChI is InChI=1S/C30H37N3O4/c1-22-8-10-32(19-22)12-13-33-11-9-28(23-4-3-5-26(16-23)36-15-14-35-2)25(20-33)21-37-27-7-6-24-18-31-30(34)29(24)17-27/h3-8,10,16-17,19,25,28H,9,11-15,18,20-21H2,1-2H3,(H,31,34)/t25-,28?/m0/s1. The fraction of sp³-hybridized carbons (Fsp3) is 0.433. The Balaban J connectivity index is 1.29. The number of ether oxygens (including phenoxy) is 3. The molecule has 7 nitrogen and oxygen atoms in total. The molecule has 1 amide bonds. The average Bonchev–Trinajstić information content (AvgIpc) is 3.51. The van der Waals surface area contributed by atoms with E-state index in [0.29, 0.717) is 38.2 Å². The van der Waals surface area contributed by atoms with Gasteiger partial charge < -0.3 is 29.0 Å². The van der Waals surface area contributed by atoms with Crippen molar-refractivity contribution in [3.05, 3.63) is 83.2 Å². The first-order valence-corrected chi connectivity index (χ1v) is 13.2. The van der Waals surface area contributed by atoms with Gasteiger partial charge in [0.1, 0.15) is 18.1 Å². The minimum atomic E-state index is -0.0206. The lowest BCUT2D eigenvalue weighted by Crippen LogP contribution is -2.43. The van der Waals surface area contributed by atoms with Gasteiger partial charge in [0.25, 0.3) is 5.91 Å². The van der Waals surface area contributed by atoms with Crippen molar-refractivity contribution in [2.24, 2.45) is 5.92 Å². The SMILES string of the molecule is COCCOc1cccc(C2CCN(CCn3ccc(C)c3)C[C@H]2COc2ccc3c(c2)C(=O)NC3)c1. The lowest BCUT2D eigenvalue weighted by Gasteiger charge is -2.39. The number of piperidine rings is 1. The monoisotopic (exact) mass is 503 g/mol. The average molecular weight is 504 g/mol. The highest BCUT2D eigenvalue weighted by Gasteiger charge is 2.31. The molecule has 1 N–H and O–H groups in total. The largest absolute Gasteiger partial charge is 0.493 e. The van der Waals surface area contributed by atoms with E-state index < -0.39 is 0 Å². The van der Waals surface area contributed by atoms with E-state index >= 15 is 0 Å². The number of amides is 1. The fourth-order valence-electron chi connectivity index (χ4n) is 5.44. The maximum absolute atomic E-state index is 12.1. The molecule has 7 heteroatoms. The molecule has 1 unspecified atom stereocenters. The number of aromatic nitrogens is 1. The lowest BCUT2D eigenvalue weighted by atomic mass is 9.80. The van der Waals surface area contributed by atoms with Crippen LogP contribution in [-0.4, -0.2) is 61.9 Å². The summed E-state index contributed by atoms with van der Waals surface area (Å²) >= 11 is 0. The van der Waals surface area contributed by atoms with Crippen molar-refractivity contribution < 1.29 is 19.0 Å². The van der Waals surface area contributed by atoms with E-state index in [2.05, 4.69) is 58.4 Å². The molecule has 37 heavy (non-hydrogen) atoms. The molecule has 5 rings (SSSR count). The van der Waals surface area contributed by atoms with Crippen LogP contribution in [0.2, 0.25) is 0 Å². The molecule has 0 radical (unpaired) electrons. The van der Waals surface area contributed by atoms with Crippen molar-refractivity contribution in [1.82, 2.24) is 14.8 Å². The Labute approximate surface area is 219 Å². The molecule has 0 bridgehead atoms. The van der Waals surface area contributed by atoms with Crippen LogP contribution >= 0.6 is 0 Å². The number of nitrogens with zero attached hydrogens (tertiary/aromatic N) is 2. The van der Waals surface area contributed by atoms with Gasteiger partial charge in [-0.15, -0.1) is 0 Å². The molecule has 1 saturated heterocycles. The zero-order chi connectivity index (χ0) is 25.6. The van der Waals surface area contributed by atoms with Gasteiger partial charge in [-0.2, -0.15) is 0 Å².